The number of halogens is 1. The summed E-state index contributed by atoms with van der Waals surface area (Å²) in [5.41, 5.74) is 5.66. The number of hydrogen-bond acceptors (Lipinski definition) is 3. The van der Waals surface area contributed by atoms with Crippen molar-refractivity contribution >= 4 is 24.3 Å². The number of carbonyl (C=O) groups is 2. The molecule has 0 radical (unpaired) electrons. The van der Waals surface area contributed by atoms with Crippen molar-refractivity contribution in [1.29, 1.82) is 0 Å². The summed E-state index contributed by atoms with van der Waals surface area (Å²) in [6.07, 6.45) is 2.50. The van der Waals surface area contributed by atoms with Gasteiger partial charge in [0.2, 0.25) is 5.91 Å². The van der Waals surface area contributed by atoms with Gasteiger partial charge in [-0.15, -0.1) is 12.4 Å². The van der Waals surface area contributed by atoms with E-state index in [9.17, 15) is 9.59 Å². The number of amides is 3. The molecule has 0 aromatic carbocycles. The van der Waals surface area contributed by atoms with Gasteiger partial charge < -0.3 is 21.3 Å². The average molecular weight is 335 g/mol. The predicted molar refractivity (Wildman–Crippen MR) is 91.1 cm³/mol. The van der Waals surface area contributed by atoms with Gasteiger partial charge in [-0.25, -0.2) is 4.79 Å². The molecule has 1 rings (SSSR count). The zero-order valence-electron chi connectivity index (χ0n) is 13.9. The van der Waals surface area contributed by atoms with E-state index in [1.165, 1.54) is 0 Å². The number of hydrogen-bond donors (Lipinski definition) is 3. The first-order chi connectivity index (χ1) is 9.90. The van der Waals surface area contributed by atoms with Crippen LogP contribution in [0.25, 0.3) is 0 Å². The topological polar surface area (TPSA) is 87.5 Å². The third-order valence-corrected chi connectivity index (χ3v) is 3.64. The van der Waals surface area contributed by atoms with E-state index < -0.39 is 0 Å². The smallest absolute Gasteiger partial charge is 0.317 e. The summed E-state index contributed by atoms with van der Waals surface area (Å²) in [4.78, 5) is 25.9. The molecule has 1 aliphatic heterocycles. The summed E-state index contributed by atoms with van der Waals surface area (Å²) in [6, 6.07) is 0.0340. The maximum absolute atomic E-state index is 12.1. The van der Waals surface area contributed by atoms with Crippen LogP contribution in [0, 0.1) is 11.8 Å². The normalized spacial score (nSPS) is 19.3. The van der Waals surface area contributed by atoms with Crippen molar-refractivity contribution < 1.29 is 9.59 Å². The molecule has 1 saturated heterocycles. The highest BCUT2D eigenvalue weighted by molar-refractivity contribution is 5.85. The Hall–Kier alpha value is -1.01. The van der Waals surface area contributed by atoms with E-state index in [-0.39, 0.29) is 36.3 Å². The number of piperidine rings is 1. The summed E-state index contributed by atoms with van der Waals surface area (Å²) < 4.78 is 0. The second-order valence-electron chi connectivity index (χ2n) is 6.42. The number of likely N-dealkylation sites (tertiary alicyclic amines) is 1. The lowest BCUT2D eigenvalue weighted by atomic mass is 9.97. The molecule has 0 aromatic rings. The minimum Gasteiger partial charge on any atom is -0.356 e. The molecule has 1 heterocycles. The number of rotatable bonds is 6. The molecule has 1 fully saturated rings. The van der Waals surface area contributed by atoms with Gasteiger partial charge in [0, 0.05) is 32.2 Å². The van der Waals surface area contributed by atoms with Crippen molar-refractivity contribution in [2.75, 3.05) is 26.2 Å². The maximum Gasteiger partial charge on any atom is 0.317 e. The van der Waals surface area contributed by atoms with Gasteiger partial charge in [0.25, 0.3) is 0 Å². The van der Waals surface area contributed by atoms with Crippen LogP contribution >= 0.6 is 12.4 Å². The Morgan fingerprint density at radius 2 is 1.95 bits per heavy atom. The standard InChI is InChI=1S/C15H30N4O2.ClH/c1-11(2)9-18-15(21)19-8-4-5-13(10-19)14(20)17-7-6-12(3)16;/h11-13H,4-10,16H2,1-3H3,(H,17,20)(H,18,21);1H. The van der Waals surface area contributed by atoms with Gasteiger partial charge in [-0.2, -0.15) is 0 Å². The van der Waals surface area contributed by atoms with Crippen LogP contribution in [0.3, 0.4) is 0 Å². The van der Waals surface area contributed by atoms with E-state index in [0.29, 0.717) is 25.6 Å². The molecule has 4 N–H and O–H groups in total. The number of urea groups is 1. The van der Waals surface area contributed by atoms with Gasteiger partial charge in [-0.1, -0.05) is 13.8 Å². The van der Waals surface area contributed by atoms with Crippen molar-refractivity contribution in [2.45, 2.75) is 46.1 Å². The molecule has 0 bridgehead atoms. The van der Waals surface area contributed by atoms with E-state index in [2.05, 4.69) is 24.5 Å². The van der Waals surface area contributed by atoms with Crippen molar-refractivity contribution in [3.8, 4) is 0 Å². The molecule has 0 spiro atoms. The Kier molecular flexibility index (Phi) is 10.2. The Morgan fingerprint density at radius 1 is 1.27 bits per heavy atom. The van der Waals surface area contributed by atoms with Crippen LogP contribution in [0.2, 0.25) is 0 Å². The second-order valence-corrected chi connectivity index (χ2v) is 6.42. The Labute approximate surface area is 140 Å². The third-order valence-electron chi connectivity index (χ3n) is 3.64. The molecule has 2 atom stereocenters. The molecule has 6 nitrogen and oxygen atoms in total. The molecule has 1 aliphatic rings. The fourth-order valence-corrected chi connectivity index (χ4v) is 2.35. The minimum atomic E-state index is -0.100. The molecule has 2 unspecified atom stereocenters. The SMILES string of the molecule is CC(C)CNC(=O)N1CCCC(C(=O)NCCC(C)N)C1.Cl. The molecule has 0 saturated carbocycles. The van der Waals surface area contributed by atoms with E-state index in [4.69, 9.17) is 5.73 Å². The molecule has 3 amide bonds. The zero-order valence-corrected chi connectivity index (χ0v) is 14.7. The maximum atomic E-state index is 12.1. The average Bonchev–Trinajstić information content (AvgIpc) is 2.44. The number of nitrogens with one attached hydrogen (secondary N) is 2. The summed E-state index contributed by atoms with van der Waals surface area (Å²) in [6.45, 7) is 8.55. The van der Waals surface area contributed by atoms with Gasteiger partial charge in [0.05, 0.1) is 5.92 Å². The van der Waals surface area contributed by atoms with Gasteiger partial charge in [0.15, 0.2) is 0 Å². The first-order valence-electron chi connectivity index (χ1n) is 7.96. The van der Waals surface area contributed by atoms with E-state index in [1.807, 2.05) is 6.92 Å². The highest BCUT2D eigenvalue weighted by Gasteiger charge is 2.28. The van der Waals surface area contributed by atoms with Crippen molar-refractivity contribution in [3.05, 3.63) is 0 Å². The van der Waals surface area contributed by atoms with Gasteiger partial charge in [0.1, 0.15) is 0 Å². The van der Waals surface area contributed by atoms with Crippen LogP contribution < -0.4 is 16.4 Å². The highest BCUT2D eigenvalue weighted by Crippen LogP contribution is 2.16. The van der Waals surface area contributed by atoms with Crippen LogP contribution in [0.1, 0.15) is 40.0 Å². The first-order valence-corrected chi connectivity index (χ1v) is 7.96. The second kappa shape index (κ2) is 10.7. The molecule has 7 heteroatoms. The molecule has 22 heavy (non-hydrogen) atoms. The summed E-state index contributed by atoms with van der Waals surface area (Å²) >= 11 is 0. The summed E-state index contributed by atoms with van der Waals surface area (Å²) in [5, 5.41) is 5.82. The summed E-state index contributed by atoms with van der Waals surface area (Å²) in [5.74, 6) is 0.365. The fraction of sp³-hybridized carbons (Fsp3) is 0.867. The lowest BCUT2D eigenvalue weighted by Gasteiger charge is -2.32. The lowest BCUT2D eigenvalue weighted by molar-refractivity contribution is -0.126. The fourth-order valence-electron chi connectivity index (χ4n) is 2.35. The summed E-state index contributed by atoms with van der Waals surface area (Å²) in [7, 11) is 0. The number of nitrogens with two attached hydrogens (primary N) is 1. The number of carbonyl (C=O) groups excluding carboxylic acids is 2. The van der Waals surface area contributed by atoms with Crippen LogP contribution in [0.4, 0.5) is 4.79 Å². The van der Waals surface area contributed by atoms with Crippen molar-refractivity contribution in [2.24, 2.45) is 17.6 Å². The van der Waals surface area contributed by atoms with Crippen LogP contribution in [0.5, 0.6) is 0 Å². The Morgan fingerprint density at radius 3 is 2.55 bits per heavy atom. The molecule has 0 aliphatic carbocycles. The van der Waals surface area contributed by atoms with Gasteiger partial charge >= 0.3 is 6.03 Å². The lowest BCUT2D eigenvalue weighted by Crippen LogP contribution is -2.49. The van der Waals surface area contributed by atoms with E-state index in [1.54, 1.807) is 4.90 Å². The zero-order chi connectivity index (χ0) is 15.8. The quantitative estimate of drug-likeness (QED) is 0.685. The van der Waals surface area contributed by atoms with Gasteiger partial charge in [-0.3, -0.25) is 4.79 Å². The van der Waals surface area contributed by atoms with Gasteiger partial charge in [-0.05, 0) is 32.1 Å². The number of nitrogens with zero attached hydrogens (tertiary/aromatic N) is 1. The molecule has 130 valence electrons. The molecular weight excluding hydrogens is 304 g/mol. The first kappa shape index (κ1) is 21.0. The Balaban J connectivity index is 0.00000441. The van der Waals surface area contributed by atoms with Crippen LogP contribution in [-0.2, 0) is 4.79 Å². The monoisotopic (exact) mass is 334 g/mol. The van der Waals surface area contributed by atoms with Crippen LogP contribution in [-0.4, -0.2) is 49.1 Å². The third kappa shape index (κ3) is 7.84. The highest BCUT2D eigenvalue weighted by atomic mass is 35.5. The molecule has 0 aromatic heterocycles. The van der Waals surface area contributed by atoms with Crippen molar-refractivity contribution in [3.63, 3.8) is 0 Å². The van der Waals surface area contributed by atoms with Crippen LogP contribution in [0.15, 0.2) is 0 Å². The minimum absolute atomic E-state index is 0. The van der Waals surface area contributed by atoms with E-state index in [0.717, 1.165) is 25.8 Å². The predicted octanol–water partition coefficient (Wildman–Crippen LogP) is 1.34. The largest absolute Gasteiger partial charge is 0.356 e. The Bertz CT molecular complexity index is 350. The molecular formula is C15H31ClN4O2. The van der Waals surface area contributed by atoms with E-state index >= 15 is 0 Å². The van der Waals surface area contributed by atoms with Crippen molar-refractivity contribution in [1.82, 2.24) is 15.5 Å².